The molecule has 1 fully saturated rings. The fourth-order valence-corrected chi connectivity index (χ4v) is 3.45. The third-order valence-corrected chi connectivity index (χ3v) is 4.62. The van der Waals surface area contributed by atoms with Gasteiger partial charge in [-0.3, -0.25) is 4.79 Å². The molecule has 0 radical (unpaired) electrons. The molecule has 1 heterocycles. The minimum absolute atomic E-state index is 0.167. The molecule has 1 saturated heterocycles. The van der Waals surface area contributed by atoms with Gasteiger partial charge in [0, 0.05) is 32.3 Å². The molecule has 1 aromatic rings. The number of ketones is 1. The first-order valence-electron chi connectivity index (χ1n) is 7.55. The van der Waals surface area contributed by atoms with Gasteiger partial charge in [0.15, 0.2) is 5.78 Å². The van der Waals surface area contributed by atoms with Crippen LogP contribution in [-0.4, -0.2) is 26.1 Å². The smallest absolute Gasteiger partial charge is 0.163 e. The van der Waals surface area contributed by atoms with E-state index in [9.17, 15) is 4.79 Å². The van der Waals surface area contributed by atoms with Crippen molar-refractivity contribution >= 4 is 5.78 Å². The van der Waals surface area contributed by atoms with E-state index in [0.717, 1.165) is 44.5 Å². The summed E-state index contributed by atoms with van der Waals surface area (Å²) in [5, 5.41) is 0. The van der Waals surface area contributed by atoms with Gasteiger partial charge in [-0.05, 0) is 42.7 Å². The molecule has 1 aliphatic carbocycles. The summed E-state index contributed by atoms with van der Waals surface area (Å²) in [6, 6.07) is 6.08. The molecule has 1 atom stereocenters. The highest BCUT2D eigenvalue weighted by Gasteiger charge is 2.27. The van der Waals surface area contributed by atoms with Crippen molar-refractivity contribution < 1.29 is 14.3 Å². The standard InChI is InChI=1S/C17H22O3/c1-19-17-6-5-13-14(3-2-4-15(13)17)16(18)11-12-7-9-20-10-8-12/h2-4,12,17H,5-11H2,1H3/t17-/m0/s1. The first-order chi connectivity index (χ1) is 9.79. The van der Waals surface area contributed by atoms with Crippen LogP contribution in [0.3, 0.4) is 0 Å². The summed E-state index contributed by atoms with van der Waals surface area (Å²) in [6.07, 6.45) is 4.82. The summed E-state index contributed by atoms with van der Waals surface area (Å²) in [7, 11) is 1.75. The molecule has 1 aliphatic heterocycles. The Bertz CT molecular complexity index is 489. The first kappa shape index (κ1) is 13.8. The van der Waals surface area contributed by atoms with E-state index >= 15 is 0 Å². The lowest BCUT2D eigenvalue weighted by molar-refractivity contribution is 0.0601. The van der Waals surface area contributed by atoms with Crippen LogP contribution in [0.5, 0.6) is 0 Å². The van der Waals surface area contributed by atoms with E-state index in [-0.39, 0.29) is 6.10 Å². The molecule has 0 spiro atoms. The van der Waals surface area contributed by atoms with Crippen molar-refractivity contribution in [1.29, 1.82) is 0 Å². The van der Waals surface area contributed by atoms with Gasteiger partial charge < -0.3 is 9.47 Å². The quantitative estimate of drug-likeness (QED) is 0.790. The monoisotopic (exact) mass is 274 g/mol. The molecule has 0 unspecified atom stereocenters. The minimum atomic E-state index is 0.167. The molecule has 0 N–H and O–H groups in total. The SMILES string of the molecule is CO[C@H]1CCc2c(C(=O)CC3CCOCC3)cccc21. The second kappa shape index (κ2) is 6.06. The van der Waals surface area contributed by atoms with Crippen molar-refractivity contribution in [2.24, 2.45) is 5.92 Å². The second-order valence-electron chi connectivity index (χ2n) is 5.82. The molecule has 3 nitrogen and oxygen atoms in total. The van der Waals surface area contributed by atoms with Crippen molar-refractivity contribution in [3.8, 4) is 0 Å². The number of rotatable bonds is 4. The van der Waals surface area contributed by atoms with Crippen LogP contribution >= 0.6 is 0 Å². The number of carbonyl (C=O) groups is 1. The Labute approximate surface area is 120 Å². The second-order valence-corrected chi connectivity index (χ2v) is 5.82. The van der Waals surface area contributed by atoms with Crippen molar-refractivity contribution in [1.82, 2.24) is 0 Å². The molecular formula is C17H22O3. The van der Waals surface area contributed by atoms with E-state index in [1.54, 1.807) is 7.11 Å². The van der Waals surface area contributed by atoms with Gasteiger partial charge in [-0.25, -0.2) is 0 Å². The van der Waals surface area contributed by atoms with E-state index < -0.39 is 0 Å². The van der Waals surface area contributed by atoms with Gasteiger partial charge in [0.25, 0.3) is 0 Å². The zero-order valence-electron chi connectivity index (χ0n) is 12.1. The van der Waals surface area contributed by atoms with E-state index in [2.05, 4.69) is 6.07 Å². The number of Topliss-reactive ketones (excluding diaryl/α,β-unsaturated/α-hetero) is 1. The molecule has 0 bridgehead atoms. The summed E-state index contributed by atoms with van der Waals surface area (Å²) < 4.78 is 10.9. The Morgan fingerprint density at radius 2 is 2.10 bits per heavy atom. The third-order valence-electron chi connectivity index (χ3n) is 4.62. The summed E-state index contributed by atoms with van der Waals surface area (Å²) in [6.45, 7) is 1.60. The maximum Gasteiger partial charge on any atom is 0.163 e. The molecule has 1 aromatic carbocycles. The Kier molecular flexibility index (Phi) is 4.18. The Morgan fingerprint density at radius 1 is 1.30 bits per heavy atom. The van der Waals surface area contributed by atoms with Gasteiger partial charge in [0.1, 0.15) is 0 Å². The highest BCUT2D eigenvalue weighted by atomic mass is 16.5. The third kappa shape index (κ3) is 2.65. The zero-order chi connectivity index (χ0) is 13.9. The van der Waals surface area contributed by atoms with Gasteiger partial charge >= 0.3 is 0 Å². The molecule has 3 rings (SSSR count). The van der Waals surface area contributed by atoms with Gasteiger partial charge in [-0.2, -0.15) is 0 Å². The molecule has 20 heavy (non-hydrogen) atoms. The first-order valence-corrected chi connectivity index (χ1v) is 7.55. The van der Waals surface area contributed by atoms with Gasteiger partial charge in [0.05, 0.1) is 6.10 Å². The van der Waals surface area contributed by atoms with E-state index in [1.807, 2.05) is 12.1 Å². The van der Waals surface area contributed by atoms with Crippen molar-refractivity contribution in [3.05, 3.63) is 34.9 Å². The fourth-order valence-electron chi connectivity index (χ4n) is 3.45. The van der Waals surface area contributed by atoms with Crippen molar-refractivity contribution in [2.45, 2.75) is 38.2 Å². The molecule has 0 aromatic heterocycles. The van der Waals surface area contributed by atoms with Crippen LogP contribution in [-0.2, 0) is 15.9 Å². The van der Waals surface area contributed by atoms with Gasteiger partial charge in [-0.15, -0.1) is 0 Å². The number of carbonyl (C=O) groups excluding carboxylic acids is 1. The fraction of sp³-hybridized carbons (Fsp3) is 0.588. The number of ether oxygens (including phenoxy) is 2. The lowest BCUT2D eigenvalue weighted by Gasteiger charge is -2.21. The summed E-state index contributed by atoms with van der Waals surface area (Å²) >= 11 is 0. The number of fused-ring (bicyclic) bond motifs is 1. The number of hydrogen-bond donors (Lipinski definition) is 0. The van der Waals surface area contributed by atoms with Crippen molar-refractivity contribution in [3.63, 3.8) is 0 Å². The van der Waals surface area contributed by atoms with Crippen LogP contribution in [0.4, 0.5) is 0 Å². The van der Waals surface area contributed by atoms with Crippen LogP contribution in [0.25, 0.3) is 0 Å². The lowest BCUT2D eigenvalue weighted by atomic mass is 9.89. The molecular weight excluding hydrogens is 252 g/mol. The number of methoxy groups -OCH3 is 1. The molecule has 108 valence electrons. The number of hydrogen-bond acceptors (Lipinski definition) is 3. The average molecular weight is 274 g/mol. The maximum atomic E-state index is 12.6. The van der Waals surface area contributed by atoms with Crippen LogP contribution in [0, 0.1) is 5.92 Å². The zero-order valence-corrected chi connectivity index (χ0v) is 12.1. The number of benzene rings is 1. The topological polar surface area (TPSA) is 35.5 Å². The normalized spacial score (nSPS) is 22.8. The predicted octanol–water partition coefficient (Wildman–Crippen LogP) is 3.32. The summed E-state index contributed by atoms with van der Waals surface area (Å²) in [4.78, 5) is 12.6. The van der Waals surface area contributed by atoms with Crippen LogP contribution < -0.4 is 0 Å². The Balaban J connectivity index is 1.77. The largest absolute Gasteiger partial charge is 0.381 e. The molecule has 3 heteroatoms. The Hall–Kier alpha value is -1.19. The molecule has 2 aliphatic rings. The van der Waals surface area contributed by atoms with Crippen molar-refractivity contribution in [2.75, 3.05) is 20.3 Å². The summed E-state index contributed by atoms with van der Waals surface area (Å²) in [5.74, 6) is 0.789. The van der Waals surface area contributed by atoms with Gasteiger partial charge in [-0.1, -0.05) is 18.2 Å². The summed E-state index contributed by atoms with van der Waals surface area (Å²) in [5.41, 5.74) is 3.36. The van der Waals surface area contributed by atoms with Crippen LogP contribution in [0.2, 0.25) is 0 Å². The highest BCUT2D eigenvalue weighted by Crippen LogP contribution is 2.36. The Morgan fingerprint density at radius 3 is 2.85 bits per heavy atom. The average Bonchev–Trinajstić information content (AvgIpc) is 2.91. The molecule has 0 saturated carbocycles. The van der Waals surface area contributed by atoms with E-state index in [1.165, 1.54) is 11.1 Å². The lowest BCUT2D eigenvalue weighted by Crippen LogP contribution is -2.19. The van der Waals surface area contributed by atoms with E-state index in [0.29, 0.717) is 18.1 Å². The van der Waals surface area contributed by atoms with Gasteiger partial charge in [0.2, 0.25) is 0 Å². The van der Waals surface area contributed by atoms with Crippen LogP contribution in [0.1, 0.15) is 53.3 Å². The predicted molar refractivity (Wildman–Crippen MR) is 77.0 cm³/mol. The van der Waals surface area contributed by atoms with E-state index in [4.69, 9.17) is 9.47 Å². The highest BCUT2D eigenvalue weighted by molar-refractivity contribution is 5.98. The maximum absolute atomic E-state index is 12.6. The molecule has 0 amide bonds. The van der Waals surface area contributed by atoms with Crippen LogP contribution in [0.15, 0.2) is 18.2 Å². The minimum Gasteiger partial charge on any atom is -0.381 e.